The summed E-state index contributed by atoms with van der Waals surface area (Å²) in [4.78, 5) is 21.9. The molecule has 11 heteroatoms. The van der Waals surface area contributed by atoms with Gasteiger partial charge in [0.05, 0.1) is 29.7 Å². The summed E-state index contributed by atoms with van der Waals surface area (Å²) in [6.45, 7) is 3.38. The Kier molecular flexibility index (Phi) is 6.26. The van der Waals surface area contributed by atoms with Gasteiger partial charge in [-0.2, -0.15) is 5.10 Å². The quantitative estimate of drug-likeness (QED) is 0.408. The third-order valence-corrected chi connectivity index (χ3v) is 6.10. The van der Waals surface area contributed by atoms with Crippen LogP contribution in [0, 0.1) is 0 Å². The number of ether oxygens (including phenoxy) is 1. The third kappa shape index (κ3) is 4.65. The molecule has 174 valence electrons. The zero-order chi connectivity index (χ0) is 23.5. The third-order valence-electron chi connectivity index (χ3n) is 5.69. The minimum Gasteiger partial charge on any atom is -0.494 e. The number of benzene rings is 1. The van der Waals surface area contributed by atoms with Crippen molar-refractivity contribution in [1.29, 1.82) is 0 Å². The van der Waals surface area contributed by atoms with Crippen molar-refractivity contribution in [2.45, 2.75) is 0 Å². The lowest BCUT2D eigenvalue weighted by Crippen LogP contribution is -2.47. The van der Waals surface area contributed by atoms with E-state index in [2.05, 4.69) is 68.2 Å². The number of halogens is 1. The van der Waals surface area contributed by atoms with E-state index in [4.69, 9.17) is 4.74 Å². The molecule has 1 N–H and O–H groups in total. The molecule has 4 aromatic rings. The minimum atomic E-state index is 0.490. The summed E-state index contributed by atoms with van der Waals surface area (Å²) >= 11 is 3.37. The molecule has 0 saturated carbocycles. The smallest absolute Gasteiger partial charge is 0.227 e. The van der Waals surface area contributed by atoms with Crippen LogP contribution in [0.2, 0.25) is 0 Å². The zero-order valence-corrected chi connectivity index (χ0v) is 20.5. The lowest BCUT2D eigenvalue weighted by molar-refractivity contribution is 0.416. The van der Waals surface area contributed by atoms with Gasteiger partial charge < -0.3 is 19.9 Å². The molecule has 4 heterocycles. The molecule has 0 unspecified atom stereocenters. The molecule has 3 aromatic heterocycles. The molecule has 0 spiro atoms. The van der Waals surface area contributed by atoms with Crippen molar-refractivity contribution >= 4 is 39.1 Å². The Morgan fingerprint density at radius 1 is 0.941 bits per heavy atom. The highest BCUT2D eigenvalue weighted by Gasteiger charge is 2.23. The fraction of sp³-hybridized carbons (Fsp3) is 0.261. The number of rotatable bonds is 6. The molecule has 10 nitrogen and oxygen atoms in total. The molecular weight excluding hydrogens is 498 g/mol. The summed E-state index contributed by atoms with van der Waals surface area (Å²) in [6.07, 6.45) is 12.5. The number of nitrogens with zero attached hydrogens (tertiary/aromatic N) is 8. The summed E-state index contributed by atoms with van der Waals surface area (Å²) in [5.41, 5.74) is 3.95. The molecule has 1 aromatic carbocycles. The molecule has 1 aliphatic heterocycles. The van der Waals surface area contributed by atoms with Crippen LogP contribution < -0.4 is 19.9 Å². The second kappa shape index (κ2) is 9.64. The highest BCUT2D eigenvalue weighted by Crippen LogP contribution is 2.40. The summed E-state index contributed by atoms with van der Waals surface area (Å²) < 4.78 is 8.38. The lowest BCUT2D eigenvalue weighted by Gasteiger charge is -2.37. The van der Waals surface area contributed by atoms with Crippen LogP contribution in [0.25, 0.3) is 11.1 Å². The van der Waals surface area contributed by atoms with Gasteiger partial charge in [0.2, 0.25) is 5.95 Å². The van der Waals surface area contributed by atoms with Gasteiger partial charge in [0.1, 0.15) is 11.6 Å². The van der Waals surface area contributed by atoms with Crippen molar-refractivity contribution in [3.05, 3.63) is 60.0 Å². The molecule has 1 aliphatic rings. The van der Waals surface area contributed by atoms with E-state index in [1.165, 1.54) is 0 Å². The number of aryl methyl sites for hydroxylation is 1. The van der Waals surface area contributed by atoms with Gasteiger partial charge in [0.25, 0.3) is 0 Å². The molecule has 0 bridgehead atoms. The van der Waals surface area contributed by atoms with Crippen LogP contribution in [-0.2, 0) is 7.05 Å². The van der Waals surface area contributed by atoms with Gasteiger partial charge in [0.15, 0.2) is 0 Å². The van der Waals surface area contributed by atoms with E-state index in [-0.39, 0.29) is 0 Å². The van der Waals surface area contributed by atoms with Crippen molar-refractivity contribution in [2.75, 3.05) is 48.4 Å². The average molecular weight is 522 g/mol. The van der Waals surface area contributed by atoms with Gasteiger partial charge in [0, 0.05) is 87.1 Å². The van der Waals surface area contributed by atoms with Crippen LogP contribution in [0.1, 0.15) is 0 Å². The van der Waals surface area contributed by atoms with E-state index in [9.17, 15) is 0 Å². The van der Waals surface area contributed by atoms with Crippen molar-refractivity contribution in [2.24, 2.45) is 7.05 Å². The molecule has 0 atom stereocenters. The average Bonchev–Trinajstić information content (AvgIpc) is 3.32. The molecule has 1 fully saturated rings. The largest absolute Gasteiger partial charge is 0.494 e. The molecule has 0 radical (unpaired) electrons. The zero-order valence-electron chi connectivity index (χ0n) is 18.9. The van der Waals surface area contributed by atoms with Gasteiger partial charge in [-0.25, -0.2) is 15.0 Å². The van der Waals surface area contributed by atoms with Crippen LogP contribution in [-0.4, -0.2) is 63.0 Å². The summed E-state index contributed by atoms with van der Waals surface area (Å²) in [5, 5.41) is 7.68. The standard InChI is InChI=1S/C23H24BrN9O/c1-31-15-16(11-29-31)18-9-19(30-23-27-12-17(24)13-28-23)21(34-2)10-20(18)32-5-7-33(8-6-32)22-14-25-3-4-26-22/h3-4,9-15H,5-8H2,1-2H3,(H,27,28,30). The maximum atomic E-state index is 5.76. The first-order valence-corrected chi connectivity index (χ1v) is 11.6. The Hall–Kier alpha value is -3.73. The number of aromatic nitrogens is 6. The Balaban J connectivity index is 1.48. The number of nitrogens with one attached hydrogen (secondary N) is 1. The molecular formula is C23H24BrN9O. The van der Waals surface area contributed by atoms with E-state index < -0.39 is 0 Å². The molecule has 0 aliphatic carbocycles. The van der Waals surface area contributed by atoms with E-state index in [1.807, 2.05) is 25.6 Å². The molecule has 1 saturated heterocycles. The second-order valence-electron chi connectivity index (χ2n) is 7.86. The van der Waals surface area contributed by atoms with Gasteiger partial charge >= 0.3 is 0 Å². The first-order valence-electron chi connectivity index (χ1n) is 10.8. The summed E-state index contributed by atoms with van der Waals surface area (Å²) in [7, 11) is 3.59. The normalized spacial score (nSPS) is 13.7. The van der Waals surface area contributed by atoms with Crippen molar-refractivity contribution in [1.82, 2.24) is 29.7 Å². The van der Waals surface area contributed by atoms with Crippen molar-refractivity contribution in [3.8, 4) is 16.9 Å². The van der Waals surface area contributed by atoms with E-state index >= 15 is 0 Å². The fourth-order valence-electron chi connectivity index (χ4n) is 4.02. The Bertz CT molecular complexity index is 1260. The van der Waals surface area contributed by atoms with Crippen LogP contribution in [0.3, 0.4) is 0 Å². The maximum Gasteiger partial charge on any atom is 0.227 e. The maximum absolute atomic E-state index is 5.76. The van der Waals surface area contributed by atoms with E-state index in [0.717, 1.165) is 59.0 Å². The predicted octanol–water partition coefficient (Wildman–Crippen LogP) is 3.51. The summed E-state index contributed by atoms with van der Waals surface area (Å²) in [6, 6.07) is 4.15. The van der Waals surface area contributed by atoms with Gasteiger partial charge in [-0.15, -0.1) is 0 Å². The predicted molar refractivity (Wildman–Crippen MR) is 135 cm³/mol. The lowest BCUT2D eigenvalue weighted by atomic mass is 10.0. The van der Waals surface area contributed by atoms with Crippen molar-refractivity contribution in [3.63, 3.8) is 0 Å². The van der Waals surface area contributed by atoms with Gasteiger partial charge in [-0.3, -0.25) is 9.67 Å². The minimum absolute atomic E-state index is 0.490. The number of hydrogen-bond donors (Lipinski definition) is 1. The SMILES string of the molecule is COc1cc(N2CCN(c3cnccn3)CC2)c(-c2cnn(C)c2)cc1Nc1ncc(Br)cn1. The summed E-state index contributed by atoms with van der Waals surface area (Å²) in [5.74, 6) is 2.11. The monoisotopic (exact) mass is 521 g/mol. The van der Waals surface area contributed by atoms with E-state index in [1.54, 1.807) is 36.6 Å². The first kappa shape index (κ1) is 22.1. The van der Waals surface area contributed by atoms with Crippen LogP contribution in [0.15, 0.2) is 60.0 Å². The van der Waals surface area contributed by atoms with Gasteiger partial charge in [-0.1, -0.05) is 0 Å². The van der Waals surface area contributed by atoms with E-state index in [0.29, 0.717) is 11.7 Å². The van der Waals surface area contributed by atoms with Gasteiger partial charge in [-0.05, 0) is 22.0 Å². The van der Waals surface area contributed by atoms with Crippen molar-refractivity contribution < 1.29 is 4.74 Å². The molecule has 34 heavy (non-hydrogen) atoms. The fourth-order valence-corrected chi connectivity index (χ4v) is 4.22. The number of hydrogen-bond acceptors (Lipinski definition) is 9. The molecule has 5 rings (SSSR count). The number of anilines is 4. The highest BCUT2D eigenvalue weighted by atomic mass is 79.9. The Morgan fingerprint density at radius 3 is 2.35 bits per heavy atom. The Morgan fingerprint density at radius 2 is 1.71 bits per heavy atom. The second-order valence-corrected chi connectivity index (χ2v) is 8.78. The van der Waals surface area contributed by atoms with Crippen LogP contribution >= 0.6 is 15.9 Å². The highest BCUT2D eigenvalue weighted by molar-refractivity contribution is 9.10. The van der Waals surface area contributed by atoms with Crippen LogP contribution in [0.5, 0.6) is 5.75 Å². The van der Waals surface area contributed by atoms with Crippen LogP contribution in [0.4, 0.5) is 23.1 Å². The topological polar surface area (TPSA) is 97.1 Å². The number of methoxy groups -OCH3 is 1. The molecule has 0 amide bonds. The Labute approximate surface area is 205 Å². The number of piperazine rings is 1. The first-order chi connectivity index (χ1) is 16.6.